The molecule has 1 N–H and O–H groups in total. The second-order valence-corrected chi connectivity index (χ2v) is 6.03. The molecule has 3 aromatic rings. The van der Waals surface area contributed by atoms with E-state index < -0.39 is 0 Å². The Morgan fingerprint density at radius 1 is 1.35 bits per heavy atom. The van der Waals surface area contributed by atoms with Crippen molar-refractivity contribution in [3.05, 3.63) is 78.3 Å². The van der Waals surface area contributed by atoms with Gasteiger partial charge in [-0.1, -0.05) is 30.9 Å². The lowest BCUT2D eigenvalue weighted by molar-refractivity contribution is -0.138. The van der Waals surface area contributed by atoms with Crippen molar-refractivity contribution in [1.29, 1.82) is 0 Å². The highest BCUT2D eigenvalue weighted by atomic mass is 16.5. The standard InChI is InChI=1S/C20H18N4O2/c1-3-11-26-19(25)17-13(2)22-20-23-15-8-4-5-9-16(15)24(20)18(17)14-7-6-10-21-12-14/h3-10,12,18H,1,11H2,2H3,(H,22,23). The average Bonchev–Trinajstić information content (AvgIpc) is 3.03. The summed E-state index contributed by atoms with van der Waals surface area (Å²) in [5, 5.41) is 3.24. The van der Waals surface area contributed by atoms with Crippen LogP contribution >= 0.6 is 0 Å². The molecule has 4 rings (SSSR count). The number of esters is 1. The number of hydrogen-bond acceptors (Lipinski definition) is 5. The maximum absolute atomic E-state index is 12.8. The van der Waals surface area contributed by atoms with Crippen LogP contribution in [0.1, 0.15) is 18.5 Å². The molecule has 6 heteroatoms. The SMILES string of the molecule is C=CCOC(=O)C1=C(C)Nc2nc3ccccc3n2C1c1cccnc1. The van der Waals surface area contributed by atoms with Crippen molar-refractivity contribution >= 4 is 23.0 Å². The van der Waals surface area contributed by atoms with E-state index >= 15 is 0 Å². The van der Waals surface area contributed by atoms with Gasteiger partial charge in [0.1, 0.15) is 6.61 Å². The Balaban J connectivity index is 1.94. The van der Waals surface area contributed by atoms with Crippen LogP contribution < -0.4 is 5.32 Å². The number of pyridine rings is 1. The number of carbonyl (C=O) groups excluding carboxylic acids is 1. The second-order valence-electron chi connectivity index (χ2n) is 6.03. The molecular weight excluding hydrogens is 328 g/mol. The van der Waals surface area contributed by atoms with Gasteiger partial charge in [-0.15, -0.1) is 0 Å². The zero-order chi connectivity index (χ0) is 18.1. The largest absolute Gasteiger partial charge is 0.458 e. The Labute approximate surface area is 150 Å². The molecule has 2 aromatic heterocycles. The van der Waals surface area contributed by atoms with Crippen molar-refractivity contribution in [2.45, 2.75) is 13.0 Å². The zero-order valence-corrected chi connectivity index (χ0v) is 14.3. The zero-order valence-electron chi connectivity index (χ0n) is 14.3. The molecular formula is C20H18N4O2. The first-order valence-corrected chi connectivity index (χ1v) is 8.33. The molecule has 1 atom stereocenters. The Bertz CT molecular complexity index is 1020. The van der Waals surface area contributed by atoms with Gasteiger partial charge in [0.15, 0.2) is 0 Å². The molecule has 0 spiro atoms. The number of fused-ring (bicyclic) bond motifs is 3. The van der Waals surface area contributed by atoms with Gasteiger partial charge in [0.05, 0.1) is 22.6 Å². The fraction of sp³-hybridized carbons (Fsp3) is 0.150. The van der Waals surface area contributed by atoms with E-state index in [1.54, 1.807) is 18.5 Å². The van der Waals surface area contributed by atoms with E-state index in [4.69, 9.17) is 4.74 Å². The summed E-state index contributed by atoms with van der Waals surface area (Å²) in [5.74, 6) is 0.310. The highest BCUT2D eigenvalue weighted by Crippen LogP contribution is 2.39. The first kappa shape index (κ1) is 16.1. The van der Waals surface area contributed by atoms with Crippen molar-refractivity contribution in [3.63, 3.8) is 0 Å². The van der Waals surface area contributed by atoms with E-state index in [0.717, 1.165) is 22.3 Å². The molecule has 3 heterocycles. The Morgan fingerprint density at radius 3 is 2.96 bits per heavy atom. The van der Waals surface area contributed by atoms with Crippen LogP contribution in [0.5, 0.6) is 0 Å². The predicted octanol–water partition coefficient (Wildman–Crippen LogP) is 3.45. The molecule has 130 valence electrons. The minimum Gasteiger partial charge on any atom is -0.458 e. The van der Waals surface area contributed by atoms with Gasteiger partial charge in [-0.2, -0.15) is 0 Å². The number of imidazole rings is 1. The van der Waals surface area contributed by atoms with Gasteiger partial charge in [-0.25, -0.2) is 9.78 Å². The maximum atomic E-state index is 12.8. The lowest BCUT2D eigenvalue weighted by Crippen LogP contribution is -2.29. The molecule has 6 nitrogen and oxygen atoms in total. The van der Waals surface area contributed by atoms with E-state index in [0.29, 0.717) is 11.5 Å². The minimum atomic E-state index is -0.382. The van der Waals surface area contributed by atoms with Crippen LogP contribution in [0.15, 0.2) is 72.7 Å². The van der Waals surface area contributed by atoms with Gasteiger partial charge >= 0.3 is 5.97 Å². The molecule has 0 amide bonds. The van der Waals surface area contributed by atoms with Crippen LogP contribution in [0.3, 0.4) is 0 Å². The molecule has 1 aliphatic rings. The molecule has 0 radical (unpaired) electrons. The van der Waals surface area contributed by atoms with Crippen molar-refractivity contribution in [2.24, 2.45) is 0 Å². The van der Waals surface area contributed by atoms with E-state index in [9.17, 15) is 4.79 Å². The molecule has 0 aliphatic carbocycles. The minimum absolute atomic E-state index is 0.160. The Kier molecular flexibility index (Phi) is 4.01. The van der Waals surface area contributed by atoms with Gasteiger partial charge < -0.3 is 10.1 Å². The lowest BCUT2D eigenvalue weighted by atomic mass is 9.96. The Hall–Kier alpha value is -3.41. The number of rotatable bonds is 4. The van der Waals surface area contributed by atoms with Crippen LogP contribution in [0, 0.1) is 0 Å². The van der Waals surface area contributed by atoms with Crippen molar-refractivity contribution in [3.8, 4) is 0 Å². The lowest BCUT2D eigenvalue weighted by Gasteiger charge is -2.29. The number of allylic oxidation sites excluding steroid dienone is 1. The summed E-state index contributed by atoms with van der Waals surface area (Å²) in [6, 6.07) is 11.3. The molecule has 1 unspecified atom stereocenters. The highest BCUT2D eigenvalue weighted by Gasteiger charge is 2.34. The molecule has 0 fully saturated rings. The Morgan fingerprint density at radius 2 is 2.19 bits per heavy atom. The van der Waals surface area contributed by atoms with Crippen LogP contribution in [0.4, 0.5) is 5.95 Å². The number of nitrogens with one attached hydrogen (secondary N) is 1. The molecule has 1 aliphatic heterocycles. The summed E-state index contributed by atoms with van der Waals surface area (Å²) in [5.41, 5.74) is 3.94. The quantitative estimate of drug-likeness (QED) is 0.579. The topological polar surface area (TPSA) is 69.0 Å². The van der Waals surface area contributed by atoms with Crippen LogP contribution in [0.2, 0.25) is 0 Å². The number of benzene rings is 1. The fourth-order valence-corrected chi connectivity index (χ4v) is 3.29. The van der Waals surface area contributed by atoms with Gasteiger partial charge in [-0.3, -0.25) is 9.55 Å². The number of anilines is 1. The van der Waals surface area contributed by atoms with Gasteiger partial charge in [-0.05, 0) is 30.7 Å². The summed E-state index contributed by atoms with van der Waals surface area (Å²) in [7, 11) is 0. The number of hydrogen-bond donors (Lipinski definition) is 1. The van der Waals surface area contributed by atoms with Crippen LogP contribution in [-0.2, 0) is 9.53 Å². The third kappa shape index (κ3) is 2.56. The number of carbonyl (C=O) groups is 1. The third-order valence-corrected chi connectivity index (χ3v) is 4.38. The highest BCUT2D eigenvalue weighted by molar-refractivity contribution is 5.94. The first-order chi connectivity index (χ1) is 12.7. The van der Waals surface area contributed by atoms with E-state index in [2.05, 4.69) is 21.9 Å². The molecule has 0 saturated heterocycles. The monoisotopic (exact) mass is 346 g/mol. The number of para-hydroxylation sites is 2. The molecule has 1 aromatic carbocycles. The second kappa shape index (κ2) is 6.48. The van der Waals surface area contributed by atoms with Crippen LogP contribution in [0.25, 0.3) is 11.0 Å². The van der Waals surface area contributed by atoms with Gasteiger partial charge in [0, 0.05) is 18.1 Å². The molecule has 0 bridgehead atoms. The van der Waals surface area contributed by atoms with E-state index in [1.807, 2.05) is 47.9 Å². The summed E-state index contributed by atoms with van der Waals surface area (Å²) in [4.78, 5) is 21.7. The fourth-order valence-electron chi connectivity index (χ4n) is 3.29. The van der Waals surface area contributed by atoms with Crippen molar-refractivity contribution in [2.75, 3.05) is 11.9 Å². The van der Waals surface area contributed by atoms with Crippen LogP contribution in [-0.4, -0.2) is 27.1 Å². The molecule has 0 saturated carbocycles. The van der Waals surface area contributed by atoms with Gasteiger partial charge in [0.2, 0.25) is 5.95 Å². The first-order valence-electron chi connectivity index (χ1n) is 8.33. The number of aromatic nitrogens is 3. The number of ether oxygens (including phenoxy) is 1. The smallest absolute Gasteiger partial charge is 0.338 e. The normalized spacial score (nSPS) is 16.1. The summed E-state index contributed by atoms with van der Waals surface area (Å²) in [6.07, 6.45) is 5.04. The van der Waals surface area contributed by atoms with Crippen molar-refractivity contribution < 1.29 is 9.53 Å². The third-order valence-electron chi connectivity index (χ3n) is 4.38. The maximum Gasteiger partial charge on any atom is 0.338 e. The van der Waals surface area contributed by atoms with E-state index in [-0.39, 0.29) is 18.6 Å². The summed E-state index contributed by atoms with van der Waals surface area (Å²) < 4.78 is 7.37. The summed E-state index contributed by atoms with van der Waals surface area (Å²) in [6.45, 7) is 5.63. The van der Waals surface area contributed by atoms with Gasteiger partial charge in [0.25, 0.3) is 0 Å². The summed E-state index contributed by atoms with van der Waals surface area (Å²) >= 11 is 0. The average molecular weight is 346 g/mol. The number of nitrogens with zero attached hydrogens (tertiary/aromatic N) is 3. The van der Waals surface area contributed by atoms with Crippen molar-refractivity contribution in [1.82, 2.24) is 14.5 Å². The van der Waals surface area contributed by atoms with E-state index in [1.165, 1.54) is 0 Å². The predicted molar refractivity (Wildman–Crippen MR) is 99.6 cm³/mol. The molecule has 26 heavy (non-hydrogen) atoms.